The van der Waals surface area contributed by atoms with Crippen LogP contribution in [-0.2, 0) is 0 Å². The van der Waals surface area contributed by atoms with E-state index in [4.69, 9.17) is 0 Å². The van der Waals surface area contributed by atoms with Crippen molar-refractivity contribution in [3.8, 4) is 0 Å². The van der Waals surface area contributed by atoms with Crippen LogP contribution in [-0.4, -0.2) is 30.1 Å². The molecule has 1 aliphatic heterocycles. The number of hydrogen-bond donors (Lipinski definition) is 1. The minimum absolute atomic E-state index is 0.595. The quantitative estimate of drug-likeness (QED) is 0.880. The summed E-state index contributed by atoms with van der Waals surface area (Å²) < 4.78 is 0. The van der Waals surface area contributed by atoms with Crippen molar-refractivity contribution in [2.75, 3.05) is 13.1 Å². The maximum absolute atomic E-state index is 3.61. The Kier molecular flexibility index (Phi) is 5.43. The third-order valence-electron chi connectivity index (χ3n) is 4.24. The molecule has 1 aromatic rings. The second-order valence-corrected chi connectivity index (χ2v) is 7.05. The van der Waals surface area contributed by atoms with Gasteiger partial charge in [0.1, 0.15) is 0 Å². The summed E-state index contributed by atoms with van der Waals surface area (Å²) in [5.41, 5.74) is 0. The Morgan fingerprint density at radius 2 is 2.26 bits per heavy atom. The summed E-state index contributed by atoms with van der Waals surface area (Å²) in [6.45, 7) is 11.6. The Hall–Kier alpha value is -0.380. The van der Waals surface area contributed by atoms with E-state index < -0.39 is 0 Å². The van der Waals surface area contributed by atoms with Crippen LogP contribution in [0.25, 0.3) is 0 Å². The van der Waals surface area contributed by atoms with Gasteiger partial charge in [-0.2, -0.15) is 0 Å². The molecule has 108 valence electrons. The molecule has 1 aromatic heterocycles. The molecular formula is C16H28N2S. The zero-order valence-corrected chi connectivity index (χ0v) is 13.5. The molecule has 0 radical (unpaired) electrons. The molecule has 1 aliphatic rings. The first kappa shape index (κ1) is 15.0. The molecular weight excluding hydrogens is 252 g/mol. The molecule has 2 nitrogen and oxygen atoms in total. The van der Waals surface area contributed by atoms with Gasteiger partial charge in [-0.25, -0.2) is 0 Å². The van der Waals surface area contributed by atoms with Crippen LogP contribution in [0.5, 0.6) is 0 Å². The van der Waals surface area contributed by atoms with Gasteiger partial charge in [0.15, 0.2) is 0 Å². The van der Waals surface area contributed by atoms with Crippen LogP contribution >= 0.6 is 11.3 Å². The molecule has 1 fully saturated rings. The summed E-state index contributed by atoms with van der Waals surface area (Å²) in [4.78, 5) is 4.26. The van der Waals surface area contributed by atoms with Crippen molar-refractivity contribution in [1.29, 1.82) is 0 Å². The van der Waals surface area contributed by atoms with Gasteiger partial charge in [-0.1, -0.05) is 26.8 Å². The van der Waals surface area contributed by atoms with Gasteiger partial charge >= 0.3 is 0 Å². The zero-order chi connectivity index (χ0) is 13.8. The maximum Gasteiger partial charge on any atom is 0.0467 e. The standard InChI is InChI=1S/C16H28N2S/c1-5-17-14-8-9-18(13(4)11-14)16(12(2)3)15-7-6-10-19-15/h6-7,10,12-14,16-17H,5,8-9,11H2,1-4H3. The van der Waals surface area contributed by atoms with Gasteiger partial charge in [0.25, 0.3) is 0 Å². The van der Waals surface area contributed by atoms with Crippen LogP contribution in [0.3, 0.4) is 0 Å². The van der Waals surface area contributed by atoms with Crippen molar-refractivity contribution in [3.63, 3.8) is 0 Å². The number of likely N-dealkylation sites (tertiary alicyclic amines) is 1. The predicted octanol–water partition coefficient (Wildman–Crippen LogP) is 3.91. The monoisotopic (exact) mass is 280 g/mol. The molecule has 0 bridgehead atoms. The lowest BCUT2D eigenvalue weighted by Gasteiger charge is -2.44. The molecule has 0 aromatic carbocycles. The highest BCUT2D eigenvalue weighted by Crippen LogP contribution is 2.36. The fraction of sp³-hybridized carbons (Fsp3) is 0.750. The van der Waals surface area contributed by atoms with Crippen molar-refractivity contribution in [2.45, 2.75) is 58.7 Å². The second kappa shape index (κ2) is 6.87. The van der Waals surface area contributed by atoms with Crippen molar-refractivity contribution in [3.05, 3.63) is 22.4 Å². The molecule has 2 heterocycles. The lowest BCUT2D eigenvalue weighted by Crippen LogP contribution is -2.49. The minimum atomic E-state index is 0.595. The topological polar surface area (TPSA) is 15.3 Å². The zero-order valence-electron chi connectivity index (χ0n) is 12.7. The Labute approximate surface area is 122 Å². The molecule has 2 rings (SSSR count). The SMILES string of the molecule is CCNC1CCN(C(c2cccs2)C(C)C)C(C)C1. The number of thiophene rings is 1. The lowest BCUT2D eigenvalue weighted by atomic mass is 9.92. The van der Waals surface area contributed by atoms with Gasteiger partial charge in [0, 0.05) is 29.5 Å². The van der Waals surface area contributed by atoms with E-state index in [0.717, 1.165) is 6.54 Å². The smallest absolute Gasteiger partial charge is 0.0467 e. The molecule has 0 aliphatic carbocycles. The Balaban J connectivity index is 2.07. The predicted molar refractivity (Wildman–Crippen MR) is 84.8 cm³/mol. The first-order chi connectivity index (χ1) is 9.13. The fourth-order valence-electron chi connectivity index (χ4n) is 3.41. The van der Waals surface area contributed by atoms with E-state index in [2.05, 4.69) is 55.4 Å². The third-order valence-corrected chi connectivity index (χ3v) is 5.19. The molecule has 3 atom stereocenters. The highest BCUT2D eigenvalue weighted by Gasteiger charge is 2.32. The first-order valence-electron chi connectivity index (χ1n) is 7.66. The summed E-state index contributed by atoms with van der Waals surface area (Å²) in [6.07, 6.45) is 2.56. The minimum Gasteiger partial charge on any atom is -0.314 e. The van der Waals surface area contributed by atoms with E-state index in [0.29, 0.717) is 24.0 Å². The third kappa shape index (κ3) is 3.59. The van der Waals surface area contributed by atoms with Gasteiger partial charge in [0.2, 0.25) is 0 Å². The van der Waals surface area contributed by atoms with Crippen molar-refractivity contribution in [1.82, 2.24) is 10.2 Å². The lowest BCUT2D eigenvalue weighted by molar-refractivity contribution is 0.0659. The average Bonchev–Trinajstić information content (AvgIpc) is 2.86. The summed E-state index contributed by atoms with van der Waals surface area (Å²) in [7, 11) is 0. The summed E-state index contributed by atoms with van der Waals surface area (Å²) in [6, 6.07) is 6.47. The van der Waals surface area contributed by atoms with Crippen molar-refractivity contribution < 1.29 is 0 Å². The van der Waals surface area contributed by atoms with Gasteiger partial charge in [-0.15, -0.1) is 11.3 Å². The van der Waals surface area contributed by atoms with E-state index in [-0.39, 0.29) is 0 Å². The van der Waals surface area contributed by atoms with Crippen LogP contribution in [0, 0.1) is 5.92 Å². The Bertz CT molecular complexity index is 361. The van der Waals surface area contributed by atoms with Crippen LogP contribution in [0.15, 0.2) is 17.5 Å². The van der Waals surface area contributed by atoms with Crippen molar-refractivity contribution in [2.24, 2.45) is 5.92 Å². The van der Waals surface area contributed by atoms with E-state index in [1.165, 1.54) is 24.3 Å². The largest absolute Gasteiger partial charge is 0.314 e. The normalized spacial score (nSPS) is 26.8. The molecule has 3 unspecified atom stereocenters. The summed E-state index contributed by atoms with van der Waals surface area (Å²) >= 11 is 1.91. The van der Waals surface area contributed by atoms with Gasteiger partial charge in [-0.05, 0) is 43.7 Å². The Morgan fingerprint density at radius 3 is 2.79 bits per heavy atom. The van der Waals surface area contributed by atoms with Gasteiger partial charge in [0.05, 0.1) is 0 Å². The number of hydrogen-bond acceptors (Lipinski definition) is 3. The summed E-state index contributed by atoms with van der Waals surface area (Å²) in [5.74, 6) is 0.678. The van der Waals surface area contributed by atoms with Gasteiger partial charge < -0.3 is 5.32 Å². The molecule has 0 spiro atoms. The number of nitrogens with zero attached hydrogens (tertiary/aromatic N) is 1. The van der Waals surface area contributed by atoms with E-state index in [1.807, 2.05) is 11.3 Å². The summed E-state index contributed by atoms with van der Waals surface area (Å²) in [5, 5.41) is 5.82. The average molecular weight is 280 g/mol. The first-order valence-corrected chi connectivity index (χ1v) is 8.54. The van der Waals surface area contributed by atoms with Crippen LogP contribution in [0.1, 0.15) is 51.5 Å². The molecule has 19 heavy (non-hydrogen) atoms. The van der Waals surface area contributed by atoms with Crippen LogP contribution in [0.2, 0.25) is 0 Å². The fourth-order valence-corrected chi connectivity index (χ4v) is 4.43. The van der Waals surface area contributed by atoms with Crippen LogP contribution in [0.4, 0.5) is 0 Å². The van der Waals surface area contributed by atoms with E-state index in [1.54, 1.807) is 0 Å². The van der Waals surface area contributed by atoms with Crippen LogP contribution < -0.4 is 5.32 Å². The van der Waals surface area contributed by atoms with Gasteiger partial charge in [-0.3, -0.25) is 4.90 Å². The number of rotatable bonds is 5. The highest BCUT2D eigenvalue weighted by atomic mass is 32.1. The maximum atomic E-state index is 3.61. The number of piperidine rings is 1. The molecule has 3 heteroatoms. The van der Waals surface area contributed by atoms with Crippen molar-refractivity contribution >= 4 is 11.3 Å². The second-order valence-electron chi connectivity index (χ2n) is 6.07. The highest BCUT2D eigenvalue weighted by molar-refractivity contribution is 7.10. The van der Waals surface area contributed by atoms with E-state index in [9.17, 15) is 0 Å². The van der Waals surface area contributed by atoms with E-state index >= 15 is 0 Å². The Morgan fingerprint density at radius 1 is 1.47 bits per heavy atom. The number of nitrogens with one attached hydrogen (secondary N) is 1. The molecule has 0 amide bonds. The molecule has 1 N–H and O–H groups in total. The molecule has 0 saturated carbocycles. The molecule has 1 saturated heterocycles.